The SMILES string of the molecule is CCOC(=O)c1ccccc1N(CC(=O)Nc1cccc(C)c1)C(C)=O. The molecular weight excluding hydrogens is 332 g/mol. The molecule has 0 atom stereocenters. The Morgan fingerprint density at radius 3 is 2.46 bits per heavy atom. The van der Waals surface area contributed by atoms with E-state index in [0.717, 1.165) is 5.56 Å². The average molecular weight is 354 g/mol. The van der Waals surface area contributed by atoms with Crippen LogP contribution in [-0.4, -0.2) is 30.9 Å². The number of para-hydroxylation sites is 1. The smallest absolute Gasteiger partial charge is 0.340 e. The molecule has 0 aromatic heterocycles. The molecule has 0 bridgehead atoms. The van der Waals surface area contributed by atoms with Crippen molar-refractivity contribution in [1.82, 2.24) is 0 Å². The summed E-state index contributed by atoms with van der Waals surface area (Å²) >= 11 is 0. The molecule has 0 heterocycles. The van der Waals surface area contributed by atoms with Crippen LogP contribution in [0.4, 0.5) is 11.4 Å². The van der Waals surface area contributed by atoms with Crippen molar-refractivity contribution >= 4 is 29.2 Å². The fraction of sp³-hybridized carbons (Fsp3) is 0.250. The average Bonchev–Trinajstić information content (AvgIpc) is 2.59. The van der Waals surface area contributed by atoms with Gasteiger partial charge in [-0.25, -0.2) is 4.79 Å². The van der Waals surface area contributed by atoms with Crippen molar-refractivity contribution in [2.75, 3.05) is 23.4 Å². The number of amides is 2. The molecule has 2 aromatic rings. The molecule has 6 nitrogen and oxygen atoms in total. The number of carbonyl (C=O) groups excluding carboxylic acids is 3. The molecule has 0 fully saturated rings. The second-order valence-electron chi connectivity index (χ2n) is 5.76. The number of hydrogen-bond donors (Lipinski definition) is 1. The molecule has 2 rings (SSSR count). The van der Waals surface area contributed by atoms with E-state index in [1.807, 2.05) is 25.1 Å². The van der Waals surface area contributed by atoms with Gasteiger partial charge >= 0.3 is 5.97 Å². The van der Waals surface area contributed by atoms with Crippen LogP contribution in [0.25, 0.3) is 0 Å². The first-order valence-corrected chi connectivity index (χ1v) is 8.33. The minimum absolute atomic E-state index is 0.209. The van der Waals surface area contributed by atoms with Gasteiger partial charge in [-0.2, -0.15) is 0 Å². The van der Waals surface area contributed by atoms with E-state index in [-0.39, 0.29) is 30.5 Å². The number of hydrogen-bond acceptors (Lipinski definition) is 4. The van der Waals surface area contributed by atoms with Gasteiger partial charge in [0.2, 0.25) is 11.8 Å². The Morgan fingerprint density at radius 1 is 1.08 bits per heavy atom. The van der Waals surface area contributed by atoms with Crippen molar-refractivity contribution in [1.29, 1.82) is 0 Å². The van der Waals surface area contributed by atoms with E-state index in [1.54, 1.807) is 37.3 Å². The molecule has 0 saturated carbocycles. The fourth-order valence-electron chi connectivity index (χ4n) is 2.52. The zero-order chi connectivity index (χ0) is 19.1. The number of nitrogens with zero attached hydrogens (tertiary/aromatic N) is 1. The number of nitrogens with one attached hydrogen (secondary N) is 1. The second kappa shape index (κ2) is 8.80. The number of carbonyl (C=O) groups is 3. The lowest BCUT2D eigenvalue weighted by Gasteiger charge is -2.23. The zero-order valence-corrected chi connectivity index (χ0v) is 15.1. The van der Waals surface area contributed by atoms with Gasteiger partial charge in [-0.1, -0.05) is 24.3 Å². The van der Waals surface area contributed by atoms with Crippen molar-refractivity contribution < 1.29 is 19.1 Å². The molecule has 0 spiro atoms. The van der Waals surface area contributed by atoms with Crippen LogP contribution in [0.2, 0.25) is 0 Å². The van der Waals surface area contributed by atoms with Gasteiger partial charge in [-0.05, 0) is 43.7 Å². The van der Waals surface area contributed by atoms with Crippen LogP contribution in [0, 0.1) is 6.92 Å². The van der Waals surface area contributed by atoms with E-state index in [4.69, 9.17) is 4.74 Å². The van der Waals surface area contributed by atoms with Crippen LogP contribution in [-0.2, 0) is 14.3 Å². The van der Waals surface area contributed by atoms with Gasteiger partial charge in [0.05, 0.1) is 17.9 Å². The summed E-state index contributed by atoms with van der Waals surface area (Å²) in [5.74, 6) is -1.24. The van der Waals surface area contributed by atoms with Gasteiger partial charge in [-0.3, -0.25) is 9.59 Å². The first-order valence-electron chi connectivity index (χ1n) is 8.33. The number of ether oxygens (including phenoxy) is 1. The van der Waals surface area contributed by atoms with Crippen LogP contribution in [0.5, 0.6) is 0 Å². The summed E-state index contributed by atoms with van der Waals surface area (Å²) in [6.45, 7) is 4.99. The third-order valence-electron chi connectivity index (χ3n) is 3.67. The predicted molar refractivity (Wildman–Crippen MR) is 100 cm³/mol. The second-order valence-corrected chi connectivity index (χ2v) is 5.76. The van der Waals surface area contributed by atoms with Crippen LogP contribution in [0.3, 0.4) is 0 Å². The third kappa shape index (κ3) is 4.92. The number of rotatable bonds is 6. The van der Waals surface area contributed by atoms with Gasteiger partial charge < -0.3 is 15.0 Å². The molecule has 0 aliphatic carbocycles. The minimum atomic E-state index is -0.534. The van der Waals surface area contributed by atoms with Crippen molar-refractivity contribution in [2.24, 2.45) is 0 Å². The van der Waals surface area contributed by atoms with Gasteiger partial charge in [0.15, 0.2) is 0 Å². The predicted octanol–water partition coefficient (Wildman–Crippen LogP) is 3.16. The van der Waals surface area contributed by atoms with Crippen molar-refractivity contribution in [2.45, 2.75) is 20.8 Å². The Hall–Kier alpha value is -3.15. The Morgan fingerprint density at radius 2 is 1.81 bits per heavy atom. The number of benzene rings is 2. The molecule has 26 heavy (non-hydrogen) atoms. The Bertz CT molecular complexity index is 817. The van der Waals surface area contributed by atoms with Crippen LogP contribution in [0.1, 0.15) is 29.8 Å². The summed E-state index contributed by atoms with van der Waals surface area (Å²) in [6.07, 6.45) is 0. The highest BCUT2D eigenvalue weighted by molar-refractivity contribution is 6.06. The van der Waals surface area contributed by atoms with Crippen molar-refractivity contribution in [3.63, 3.8) is 0 Å². The Labute approximate surface area is 152 Å². The van der Waals surface area contributed by atoms with E-state index in [9.17, 15) is 14.4 Å². The molecule has 1 N–H and O–H groups in total. The molecule has 0 unspecified atom stereocenters. The van der Waals surface area contributed by atoms with Crippen molar-refractivity contribution in [3.8, 4) is 0 Å². The summed E-state index contributed by atoms with van der Waals surface area (Å²) < 4.78 is 5.03. The lowest BCUT2D eigenvalue weighted by atomic mass is 10.1. The first kappa shape index (κ1) is 19.2. The summed E-state index contributed by atoms with van der Waals surface area (Å²) in [6, 6.07) is 13.9. The highest BCUT2D eigenvalue weighted by Crippen LogP contribution is 2.22. The van der Waals surface area contributed by atoms with Gasteiger partial charge in [0, 0.05) is 12.6 Å². The standard InChI is InChI=1S/C20H22N2O4/c1-4-26-20(25)17-10-5-6-11-18(17)22(15(3)23)13-19(24)21-16-9-7-8-14(2)12-16/h5-12H,4,13H2,1-3H3,(H,21,24). The number of esters is 1. The van der Waals surface area contributed by atoms with Gasteiger partial charge in [0.1, 0.15) is 6.54 Å². The molecule has 2 amide bonds. The van der Waals surface area contributed by atoms with Crippen LogP contribution < -0.4 is 10.2 Å². The largest absolute Gasteiger partial charge is 0.462 e. The lowest BCUT2D eigenvalue weighted by molar-refractivity contribution is -0.120. The highest BCUT2D eigenvalue weighted by atomic mass is 16.5. The van der Waals surface area contributed by atoms with E-state index in [1.165, 1.54) is 11.8 Å². The number of anilines is 2. The summed E-state index contributed by atoms with van der Waals surface area (Å²) in [5.41, 5.74) is 2.25. The fourth-order valence-corrected chi connectivity index (χ4v) is 2.52. The zero-order valence-electron chi connectivity index (χ0n) is 15.1. The third-order valence-corrected chi connectivity index (χ3v) is 3.67. The van der Waals surface area contributed by atoms with Gasteiger partial charge in [0.25, 0.3) is 0 Å². The van der Waals surface area contributed by atoms with Crippen LogP contribution in [0.15, 0.2) is 48.5 Å². The van der Waals surface area contributed by atoms with Gasteiger partial charge in [-0.15, -0.1) is 0 Å². The Kier molecular flexibility index (Phi) is 6.49. The van der Waals surface area contributed by atoms with Crippen LogP contribution >= 0.6 is 0 Å². The summed E-state index contributed by atoms with van der Waals surface area (Å²) in [5, 5.41) is 2.76. The molecule has 0 radical (unpaired) electrons. The van der Waals surface area contributed by atoms with E-state index in [0.29, 0.717) is 11.4 Å². The van der Waals surface area contributed by atoms with E-state index < -0.39 is 5.97 Å². The van der Waals surface area contributed by atoms with Crippen molar-refractivity contribution in [3.05, 3.63) is 59.7 Å². The molecule has 0 aliphatic rings. The number of aryl methyl sites for hydroxylation is 1. The summed E-state index contributed by atoms with van der Waals surface area (Å²) in [7, 11) is 0. The highest BCUT2D eigenvalue weighted by Gasteiger charge is 2.22. The molecular formula is C20H22N2O4. The van der Waals surface area contributed by atoms with E-state index >= 15 is 0 Å². The Balaban J connectivity index is 2.23. The normalized spacial score (nSPS) is 10.1. The maximum absolute atomic E-state index is 12.4. The monoisotopic (exact) mass is 354 g/mol. The molecule has 0 saturated heterocycles. The lowest BCUT2D eigenvalue weighted by Crippen LogP contribution is -2.37. The maximum atomic E-state index is 12.4. The molecule has 6 heteroatoms. The molecule has 2 aromatic carbocycles. The molecule has 0 aliphatic heterocycles. The van der Waals surface area contributed by atoms with E-state index in [2.05, 4.69) is 5.32 Å². The topological polar surface area (TPSA) is 75.7 Å². The first-order chi connectivity index (χ1) is 12.4. The quantitative estimate of drug-likeness (QED) is 0.809. The molecule has 136 valence electrons. The minimum Gasteiger partial charge on any atom is -0.462 e. The maximum Gasteiger partial charge on any atom is 0.340 e. The summed E-state index contributed by atoms with van der Waals surface area (Å²) in [4.78, 5) is 37.9.